The first-order valence-corrected chi connectivity index (χ1v) is 5.91. The number of hydrogen-bond acceptors (Lipinski definition) is 2. The van der Waals surface area contributed by atoms with Crippen LogP contribution in [0.15, 0.2) is 30.9 Å². The van der Waals surface area contributed by atoms with Crippen LogP contribution in [0.4, 0.5) is 31.1 Å². The van der Waals surface area contributed by atoms with Gasteiger partial charge in [0, 0.05) is 0 Å². The maximum atomic E-state index is 12.8. The largest absolute Gasteiger partial charge is 0.439 e. The van der Waals surface area contributed by atoms with Gasteiger partial charge in [-0.1, -0.05) is 6.08 Å². The van der Waals surface area contributed by atoms with Crippen LogP contribution >= 0.6 is 0 Å². The standard InChI is InChI=1S/C13H9F6NO2/c1-2-9-10(22-11(21)20-9)6-3-7(12(14,15)16)5-8(4-6)13(17,18)19/h2-5,9-10H,1H2,(H,20,21)/t9-,10+/m0/s1. The molecule has 0 aromatic heterocycles. The Morgan fingerprint density at radius 3 is 1.95 bits per heavy atom. The van der Waals surface area contributed by atoms with Gasteiger partial charge >= 0.3 is 18.4 Å². The van der Waals surface area contributed by atoms with Crippen LogP contribution in [0.2, 0.25) is 0 Å². The minimum atomic E-state index is -4.96. The van der Waals surface area contributed by atoms with Crippen molar-refractivity contribution in [1.29, 1.82) is 0 Å². The molecule has 1 N–H and O–H groups in total. The molecule has 1 aliphatic rings. The second kappa shape index (κ2) is 5.22. The lowest BCUT2D eigenvalue weighted by atomic mass is 9.97. The molecule has 1 fully saturated rings. The Kier molecular flexibility index (Phi) is 3.84. The van der Waals surface area contributed by atoms with Crippen molar-refractivity contribution in [3.63, 3.8) is 0 Å². The van der Waals surface area contributed by atoms with Crippen LogP contribution < -0.4 is 5.32 Å². The third-order valence-corrected chi connectivity index (χ3v) is 3.04. The SMILES string of the molecule is C=C[C@@H]1NC(=O)O[C@@H]1c1cc(C(F)(F)F)cc(C(F)(F)F)c1. The zero-order valence-corrected chi connectivity index (χ0v) is 10.8. The summed E-state index contributed by atoms with van der Waals surface area (Å²) < 4.78 is 81.3. The Morgan fingerprint density at radius 2 is 1.55 bits per heavy atom. The van der Waals surface area contributed by atoms with Crippen LogP contribution in [0.25, 0.3) is 0 Å². The van der Waals surface area contributed by atoms with Crippen molar-refractivity contribution in [1.82, 2.24) is 5.32 Å². The highest BCUT2D eigenvalue weighted by Gasteiger charge is 2.40. The molecule has 0 bridgehead atoms. The highest BCUT2D eigenvalue weighted by Crippen LogP contribution is 2.39. The number of cyclic esters (lactones) is 1. The van der Waals surface area contributed by atoms with Gasteiger partial charge in [-0.2, -0.15) is 26.3 Å². The zero-order chi connectivity index (χ0) is 16.7. The number of benzene rings is 1. The molecule has 0 unspecified atom stereocenters. The Labute approximate surface area is 120 Å². The number of rotatable bonds is 2. The van der Waals surface area contributed by atoms with Gasteiger partial charge < -0.3 is 10.1 Å². The van der Waals surface area contributed by atoms with Crippen molar-refractivity contribution < 1.29 is 35.9 Å². The summed E-state index contributed by atoms with van der Waals surface area (Å²) in [5, 5.41) is 2.23. The van der Waals surface area contributed by atoms with Gasteiger partial charge in [-0.15, -0.1) is 6.58 Å². The van der Waals surface area contributed by atoms with E-state index in [1.165, 1.54) is 6.08 Å². The fraction of sp³-hybridized carbons (Fsp3) is 0.308. The maximum Gasteiger partial charge on any atom is 0.416 e. The molecule has 0 saturated carbocycles. The first-order valence-electron chi connectivity index (χ1n) is 5.91. The molecule has 2 atom stereocenters. The van der Waals surface area contributed by atoms with Gasteiger partial charge in [-0.25, -0.2) is 4.79 Å². The van der Waals surface area contributed by atoms with Gasteiger partial charge in [0.1, 0.15) is 0 Å². The number of carbonyl (C=O) groups is 1. The highest BCUT2D eigenvalue weighted by atomic mass is 19.4. The van der Waals surface area contributed by atoms with Crippen molar-refractivity contribution >= 4 is 6.09 Å². The smallest absolute Gasteiger partial charge is 0.416 e. The number of ether oxygens (including phenoxy) is 1. The van der Waals surface area contributed by atoms with E-state index >= 15 is 0 Å². The van der Waals surface area contributed by atoms with E-state index in [1.807, 2.05) is 0 Å². The van der Waals surface area contributed by atoms with Crippen molar-refractivity contribution in [2.75, 3.05) is 0 Å². The molecule has 0 radical (unpaired) electrons. The lowest BCUT2D eigenvalue weighted by Crippen LogP contribution is -2.25. The van der Waals surface area contributed by atoms with Crippen LogP contribution in [0.5, 0.6) is 0 Å². The highest BCUT2D eigenvalue weighted by molar-refractivity contribution is 5.71. The summed E-state index contributed by atoms with van der Waals surface area (Å²) in [6.07, 6.45) is -11.0. The van der Waals surface area contributed by atoms with E-state index in [1.54, 1.807) is 0 Å². The Bertz CT molecular complexity index is 575. The molecule has 1 aliphatic heterocycles. The Balaban J connectivity index is 2.55. The fourth-order valence-electron chi connectivity index (χ4n) is 2.04. The van der Waals surface area contributed by atoms with Crippen LogP contribution in [0.3, 0.4) is 0 Å². The number of hydrogen-bond donors (Lipinski definition) is 1. The average molecular weight is 325 g/mol. The quantitative estimate of drug-likeness (QED) is 0.658. The van der Waals surface area contributed by atoms with E-state index in [0.717, 1.165) is 0 Å². The molecule has 1 heterocycles. The fourth-order valence-corrected chi connectivity index (χ4v) is 2.04. The molecule has 1 saturated heterocycles. The van der Waals surface area contributed by atoms with E-state index < -0.39 is 47.3 Å². The van der Waals surface area contributed by atoms with Crippen molar-refractivity contribution in [3.05, 3.63) is 47.5 Å². The van der Waals surface area contributed by atoms with Crippen LogP contribution in [-0.4, -0.2) is 12.1 Å². The molecule has 2 rings (SSSR count). The van der Waals surface area contributed by atoms with Gasteiger partial charge in [-0.05, 0) is 23.8 Å². The summed E-state index contributed by atoms with van der Waals surface area (Å²) in [6.45, 7) is 3.36. The number of carbonyl (C=O) groups excluding carboxylic acids is 1. The van der Waals surface area contributed by atoms with Crippen LogP contribution in [-0.2, 0) is 17.1 Å². The minimum absolute atomic E-state index is 0.0105. The molecule has 3 nitrogen and oxygen atoms in total. The number of nitrogens with one attached hydrogen (secondary N) is 1. The molecular weight excluding hydrogens is 316 g/mol. The Morgan fingerprint density at radius 1 is 1.05 bits per heavy atom. The topological polar surface area (TPSA) is 38.3 Å². The monoisotopic (exact) mass is 325 g/mol. The summed E-state index contributed by atoms with van der Waals surface area (Å²) in [5.41, 5.74) is -3.35. The maximum absolute atomic E-state index is 12.8. The summed E-state index contributed by atoms with van der Waals surface area (Å²) in [4.78, 5) is 11.1. The molecule has 0 aliphatic carbocycles. The van der Waals surface area contributed by atoms with Gasteiger partial charge in [0.2, 0.25) is 0 Å². The second-order valence-corrected chi connectivity index (χ2v) is 4.57. The normalized spacial score (nSPS) is 22.2. The summed E-state index contributed by atoms with van der Waals surface area (Å²) >= 11 is 0. The molecule has 0 spiro atoms. The molecule has 120 valence electrons. The molecule has 1 aromatic rings. The summed E-state index contributed by atoms with van der Waals surface area (Å²) in [7, 11) is 0. The lowest BCUT2D eigenvalue weighted by Gasteiger charge is -2.18. The predicted octanol–water partition coefficient (Wildman–Crippen LogP) is 4.06. The molecule has 9 heteroatoms. The molecule has 1 aromatic carbocycles. The van der Waals surface area contributed by atoms with Crippen molar-refractivity contribution in [2.45, 2.75) is 24.5 Å². The Hall–Kier alpha value is -2.19. The first kappa shape index (κ1) is 16.2. The summed E-state index contributed by atoms with van der Waals surface area (Å²) in [5.74, 6) is 0. The van der Waals surface area contributed by atoms with Gasteiger partial charge in [0.25, 0.3) is 0 Å². The average Bonchev–Trinajstić information content (AvgIpc) is 2.77. The van der Waals surface area contributed by atoms with E-state index in [2.05, 4.69) is 11.9 Å². The van der Waals surface area contributed by atoms with Gasteiger partial charge in [0.15, 0.2) is 6.10 Å². The number of alkyl halides is 6. The number of halogens is 6. The molecule has 22 heavy (non-hydrogen) atoms. The van der Waals surface area contributed by atoms with Gasteiger partial charge in [-0.3, -0.25) is 0 Å². The van der Waals surface area contributed by atoms with Crippen molar-refractivity contribution in [3.8, 4) is 0 Å². The minimum Gasteiger partial charge on any atom is -0.439 e. The van der Waals surface area contributed by atoms with Gasteiger partial charge in [0.05, 0.1) is 17.2 Å². The van der Waals surface area contributed by atoms with E-state index in [-0.39, 0.29) is 6.07 Å². The zero-order valence-electron chi connectivity index (χ0n) is 10.8. The van der Waals surface area contributed by atoms with E-state index in [0.29, 0.717) is 12.1 Å². The van der Waals surface area contributed by atoms with Crippen molar-refractivity contribution in [2.24, 2.45) is 0 Å². The first-order chi connectivity index (χ1) is 10.0. The molecule has 1 amide bonds. The third-order valence-electron chi connectivity index (χ3n) is 3.04. The number of alkyl carbamates (subject to hydrolysis) is 1. The second-order valence-electron chi connectivity index (χ2n) is 4.57. The molecular formula is C13H9F6NO2. The van der Waals surface area contributed by atoms with Crippen LogP contribution in [0, 0.1) is 0 Å². The third kappa shape index (κ3) is 3.18. The lowest BCUT2D eigenvalue weighted by molar-refractivity contribution is -0.143. The van der Waals surface area contributed by atoms with E-state index in [9.17, 15) is 31.1 Å². The predicted molar refractivity (Wildman–Crippen MR) is 62.8 cm³/mol. The number of amides is 1. The summed E-state index contributed by atoms with van der Waals surface area (Å²) in [6, 6.07) is 0.140. The van der Waals surface area contributed by atoms with Crippen LogP contribution in [0.1, 0.15) is 22.8 Å². The van der Waals surface area contributed by atoms with E-state index in [4.69, 9.17) is 4.74 Å².